The fraction of sp³-hybridized carbons (Fsp3) is 0.364. The molecule has 7 heteroatoms. The summed E-state index contributed by atoms with van der Waals surface area (Å²) in [5.41, 5.74) is -1.61. The van der Waals surface area contributed by atoms with Gasteiger partial charge in [0.15, 0.2) is 11.6 Å². The van der Waals surface area contributed by atoms with Gasteiger partial charge in [-0.15, -0.1) is 0 Å². The van der Waals surface area contributed by atoms with Crippen LogP contribution < -0.4 is 5.32 Å². The van der Waals surface area contributed by atoms with Gasteiger partial charge >= 0.3 is 5.97 Å². The van der Waals surface area contributed by atoms with Gasteiger partial charge in [-0.25, -0.2) is 18.0 Å². The highest BCUT2D eigenvalue weighted by atomic mass is 19.2. The Hall–Kier alpha value is -1.60. The number of hydrogen-bond donors (Lipinski definition) is 2. The number of aromatic carboxylic acids is 1. The van der Waals surface area contributed by atoms with Crippen molar-refractivity contribution in [2.24, 2.45) is 0 Å². The molecule has 1 aliphatic rings. The van der Waals surface area contributed by atoms with E-state index in [0.29, 0.717) is 12.6 Å². The number of ether oxygens (including phenoxy) is 1. The minimum atomic E-state index is -1.85. The normalized spacial score (nSPS) is 19.8. The van der Waals surface area contributed by atoms with Gasteiger partial charge in [-0.05, 0) is 6.07 Å². The molecule has 18 heavy (non-hydrogen) atoms. The molecule has 0 aliphatic carbocycles. The highest BCUT2D eigenvalue weighted by Gasteiger charge is 2.28. The first-order valence-electron chi connectivity index (χ1n) is 5.25. The van der Waals surface area contributed by atoms with Gasteiger partial charge in [0.25, 0.3) is 0 Å². The zero-order valence-corrected chi connectivity index (χ0v) is 9.17. The third-order valence-corrected chi connectivity index (χ3v) is 2.68. The van der Waals surface area contributed by atoms with E-state index in [1.54, 1.807) is 0 Å². The number of carbonyl (C=O) groups is 1. The average molecular weight is 261 g/mol. The molecule has 1 atom stereocenters. The summed E-state index contributed by atoms with van der Waals surface area (Å²) < 4.78 is 45.7. The second-order valence-corrected chi connectivity index (χ2v) is 3.82. The van der Waals surface area contributed by atoms with Crippen LogP contribution in [0, 0.1) is 17.5 Å². The molecule has 0 spiro atoms. The Bertz CT molecular complexity index is 487. The largest absolute Gasteiger partial charge is 0.477 e. The Balaban J connectivity index is 2.46. The summed E-state index contributed by atoms with van der Waals surface area (Å²) in [6, 6.07) is 0.666. The van der Waals surface area contributed by atoms with Gasteiger partial charge in [0, 0.05) is 18.7 Å². The summed E-state index contributed by atoms with van der Waals surface area (Å²) in [6.45, 7) is 1.06. The lowest BCUT2D eigenvalue weighted by Crippen LogP contribution is -2.34. The zero-order chi connectivity index (χ0) is 13.3. The molecule has 1 saturated heterocycles. The molecule has 2 rings (SSSR count). The molecule has 0 amide bonds. The maximum Gasteiger partial charge on any atom is 0.341 e. The molecule has 1 aromatic rings. The van der Waals surface area contributed by atoms with E-state index in [4.69, 9.17) is 9.84 Å². The number of morpholine rings is 1. The minimum absolute atomic E-state index is 0.211. The van der Waals surface area contributed by atoms with E-state index in [1.165, 1.54) is 0 Å². The smallest absolute Gasteiger partial charge is 0.341 e. The van der Waals surface area contributed by atoms with E-state index >= 15 is 0 Å². The maximum absolute atomic E-state index is 13.7. The summed E-state index contributed by atoms with van der Waals surface area (Å²) >= 11 is 0. The van der Waals surface area contributed by atoms with Gasteiger partial charge < -0.3 is 15.2 Å². The van der Waals surface area contributed by atoms with Gasteiger partial charge in [0.05, 0.1) is 12.7 Å². The Morgan fingerprint density at radius 3 is 2.67 bits per heavy atom. The minimum Gasteiger partial charge on any atom is -0.477 e. The molecule has 4 nitrogen and oxygen atoms in total. The van der Waals surface area contributed by atoms with Crippen LogP contribution in [0.1, 0.15) is 22.0 Å². The maximum atomic E-state index is 13.7. The van der Waals surface area contributed by atoms with Crippen LogP contribution in [-0.4, -0.2) is 30.8 Å². The topological polar surface area (TPSA) is 58.6 Å². The van der Waals surface area contributed by atoms with Crippen LogP contribution in [0.15, 0.2) is 6.07 Å². The molecule has 1 heterocycles. The van der Waals surface area contributed by atoms with Crippen LogP contribution >= 0.6 is 0 Å². The third kappa shape index (κ3) is 2.19. The van der Waals surface area contributed by atoms with E-state index < -0.39 is 35.1 Å². The second kappa shape index (κ2) is 4.95. The Labute approximate surface area is 100 Å². The summed E-state index contributed by atoms with van der Waals surface area (Å²) in [5, 5.41) is 11.5. The van der Waals surface area contributed by atoms with Crippen LogP contribution in [0.5, 0.6) is 0 Å². The van der Waals surface area contributed by atoms with Crippen molar-refractivity contribution in [2.75, 3.05) is 19.7 Å². The summed E-state index contributed by atoms with van der Waals surface area (Å²) in [5.74, 6) is -6.25. The Kier molecular flexibility index (Phi) is 3.53. The number of carboxylic acid groups (broad SMARTS) is 1. The number of hydrogen-bond acceptors (Lipinski definition) is 3. The highest BCUT2D eigenvalue weighted by molar-refractivity contribution is 5.88. The van der Waals surface area contributed by atoms with Crippen molar-refractivity contribution in [1.29, 1.82) is 0 Å². The number of halogens is 3. The molecule has 1 aliphatic heterocycles. The predicted molar refractivity (Wildman–Crippen MR) is 54.8 cm³/mol. The predicted octanol–water partition coefficient (Wildman–Crippen LogP) is 1.46. The first-order chi connectivity index (χ1) is 8.52. The Morgan fingerprint density at radius 1 is 1.39 bits per heavy atom. The highest BCUT2D eigenvalue weighted by Crippen LogP contribution is 2.27. The molecular weight excluding hydrogens is 251 g/mol. The van der Waals surface area contributed by atoms with Crippen molar-refractivity contribution in [1.82, 2.24) is 5.32 Å². The van der Waals surface area contributed by atoms with Gasteiger partial charge in [0.1, 0.15) is 11.4 Å². The van der Waals surface area contributed by atoms with Crippen LogP contribution in [0.2, 0.25) is 0 Å². The van der Waals surface area contributed by atoms with Crippen LogP contribution in [-0.2, 0) is 4.74 Å². The van der Waals surface area contributed by atoms with Gasteiger partial charge in [-0.3, -0.25) is 0 Å². The molecule has 0 saturated carbocycles. The van der Waals surface area contributed by atoms with E-state index in [2.05, 4.69) is 5.32 Å². The molecule has 0 radical (unpaired) electrons. The fourth-order valence-corrected chi connectivity index (χ4v) is 1.81. The third-order valence-electron chi connectivity index (χ3n) is 2.68. The molecule has 2 N–H and O–H groups in total. The van der Waals surface area contributed by atoms with E-state index in [9.17, 15) is 18.0 Å². The molecule has 1 fully saturated rings. The number of benzene rings is 1. The number of carboxylic acids is 1. The number of nitrogens with one attached hydrogen (secondary N) is 1. The molecule has 98 valence electrons. The van der Waals surface area contributed by atoms with Crippen LogP contribution in [0.3, 0.4) is 0 Å². The van der Waals surface area contributed by atoms with Crippen molar-refractivity contribution in [2.45, 2.75) is 6.10 Å². The Morgan fingerprint density at radius 2 is 2.11 bits per heavy atom. The molecule has 1 unspecified atom stereocenters. The van der Waals surface area contributed by atoms with Gasteiger partial charge in [-0.2, -0.15) is 0 Å². The number of rotatable bonds is 2. The lowest BCUT2D eigenvalue weighted by molar-refractivity contribution is 0.0248. The van der Waals surface area contributed by atoms with Crippen LogP contribution in [0.25, 0.3) is 0 Å². The molecule has 0 aromatic heterocycles. The lowest BCUT2D eigenvalue weighted by atomic mass is 10.0. The monoisotopic (exact) mass is 261 g/mol. The first kappa shape index (κ1) is 12.8. The second-order valence-electron chi connectivity index (χ2n) is 3.82. The molecular formula is C11H10F3NO3. The zero-order valence-electron chi connectivity index (χ0n) is 9.17. The quantitative estimate of drug-likeness (QED) is 0.791. The van der Waals surface area contributed by atoms with Crippen molar-refractivity contribution in [3.8, 4) is 0 Å². The van der Waals surface area contributed by atoms with E-state index in [0.717, 1.165) is 0 Å². The molecule has 1 aromatic carbocycles. The average Bonchev–Trinajstić information content (AvgIpc) is 2.34. The van der Waals surface area contributed by atoms with Crippen LogP contribution in [0.4, 0.5) is 13.2 Å². The summed E-state index contributed by atoms with van der Waals surface area (Å²) in [7, 11) is 0. The summed E-state index contributed by atoms with van der Waals surface area (Å²) in [6.07, 6.45) is -0.828. The van der Waals surface area contributed by atoms with Gasteiger partial charge in [-0.1, -0.05) is 0 Å². The van der Waals surface area contributed by atoms with E-state index in [-0.39, 0.29) is 18.7 Å². The van der Waals surface area contributed by atoms with Gasteiger partial charge in [0.2, 0.25) is 0 Å². The van der Waals surface area contributed by atoms with Crippen molar-refractivity contribution < 1.29 is 27.8 Å². The van der Waals surface area contributed by atoms with Crippen molar-refractivity contribution in [3.05, 3.63) is 34.6 Å². The first-order valence-corrected chi connectivity index (χ1v) is 5.25. The summed E-state index contributed by atoms with van der Waals surface area (Å²) in [4.78, 5) is 10.6. The van der Waals surface area contributed by atoms with E-state index in [1.807, 2.05) is 0 Å². The lowest BCUT2D eigenvalue weighted by Gasteiger charge is -2.24. The SMILES string of the molecule is O=C(O)c1c(F)cc(C2CNCCO2)c(F)c1F. The van der Waals surface area contributed by atoms with Crippen molar-refractivity contribution in [3.63, 3.8) is 0 Å². The standard InChI is InChI=1S/C11H10F3NO3/c12-6-3-5(7-4-15-1-2-18-7)9(13)10(14)8(6)11(16)17/h3,7,15H,1-2,4H2,(H,16,17). The fourth-order valence-electron chi connectivity index (χ4n) is 1.81. The van der Waals surface area contributed by atoms with Crippen molar-refractivity contribution >= 4 is 5.97 Å². The molecule has 0 bridgehead atoms.